The summed E-state index contributed by atoms with van der Waals surface area (Å²) in [5.41, 5.74) is 10.3. The topological polar surface area (TPSA) is 44.5 Å². The molecule has 0 fully saturated rings. The van der Waals surface area contributed by atoms with Crippen LogP contribution in [0.2, 0.25) is 0 Å². The molecule has 0 radical (unpaired) electrons. The number of nitrogens with two attached hydrogens (primary N) is 1. The van der Waals surface area contributed by atoms with Gasteiger partial charge in [-0.25, -0.2) is 0 Å². The second-order valence-corrected chi connectivity index (χ2v) is 4.42. The molecule has 0 aliphatic rings. The molecule has 0 amide bonds. The molecule has 0 aromatic heterocycles. The summed E-state index contributed by atoms with van der Waals surface area (Å²) in [6.07, 6.45) is 0. The minimum Gasteiger partial charge on any atom is -0.493 e. The Kier molecular flexibility index (Phi) is 4.07. The molecule has 0 heterocycles. The van der Waals surface area contributed by atoms with E-state index in [0.717, 1.165) is 22.6 Å². The van der Waals surface area contributed by atoms with Crippen molar-refractivity contribution in [2.45, 2.75) is 13.5 Å². The molecule has 0 atom stereocenters. The fraction of sp³-hybridized carbons (Fsp3) is 0.250. The fourth-order valence-electron chi connectivity index (χ4n) is 2.11. The lowest BCUT2D eigenvalue weighted by Crippen LogP contribution is -1.97. The maximum absolute atomic E-state index is 5.70. The van der Waals surface area contributed by atoms with Crippen LogP contribution in [-0.4, -0.2) is 14.2 Å². The van der Waals surface area contributed by atoms with Crippen molar-refractivity contribution in [3.63, 3.8) is 0 Å². The van der Waals surface area contributed by atoms with Crippen LogP contribution in [0.3, 0.4) is 0 Å². The lowest BCUT2D eigenvalue weighted by Gasteiger charge is -2.12. The summed E-state index contributed by atoms with van der Waals surface area (Å²) >= 11 is 0. The predicted molar refractivity (Wildman–Crippen MR) is 77.6 cm³/mol. The van der Waals surface area contributed by atoms with E-state index in [1.165, 1.54) is 11.1 Å². The summed E-state index contributed by atoms with van der Waals surface area (Å²) in [7, 11) is 3.28. The van der Waals surface area contributed by atoms with Gasteiger partial charge in [-0.05, 0) is 47.4 Å². The average molecular weight is 257 g/mol. The molecule has 2 aromatic rings. The molecule has 0 aliphatic carbocycles. The van der Waals surface area contributed by atoms with Crippen LogP contribution in [0.25, 0.3) is 11.1 Å². The fourth-order valence-corrected chi connectivity index (χ4v) is 2.11. The van der Waals surface area contributed by atoms with Gasteiger partial charge in [0.1, 0.15) is 0 Å². The van der Waals surface area contributed by atoms with Gasteiger partial charge in [0.15, 0.2) is 11.5 Å². The second kappa shape index (κ2) is 5.76. The minimum absolute atomic E-state index is 0.542. The van der Waals surface area contributed by atoms with Crippen molar-refractivity contribution in [1.82, 2.24) is 0 Å². The Labute approximate surface area is 114 Å². The third-order valence-corrected chi connectivity index (χ3v) is 3.23. The van der Waals surface area contributed by atoms with Crippen molar-refractivity contribution in [3.05, 3.63) is 47.5 Å². The van der Waals surface area contributed by atoms with Crippen molar-refractivity contribution in [2.24, 2.45) is 5.73 Å². The Morgan fingerprint density at radius 3 is 2.32 bits per heavy atom. The van der Waals surface area contributed by atoms with Crippen LogP contribution < -0.4 is 15.2 Å². The van der Waals surface area contributed by atoms with Gasteiger partial charge >= 0.3 is 0 Å². The van der Waals surface area contributed by atoms with E-state index in [1.54, 1.807) is 14.2 Å². The summed E-state index contributed by atoms with van der Waals surface area (Å²) in [5.74, 6) is 1.47. The van der Waals surface area contributed by atoms with E-state index in [4.69, 9.17) is 15.2 Å². The molecule has 0 unspecified atom stereocenters. The van der Waals surface area contributed by atoms with Crippen LogP contribution in [-0.2, 0) is 6.54 Å². The van der Waals surface area contributed by atoms with Gasteiger partial charge in [-0.2, -0.15) is 0 Å². The smallest absolute Gasteiger partial charge is 0.161 e. The van der Waals surface area contributed by atoms with Gasteiger partial charge in [0, 0.05) is 6.54 Å². The van der Waals surface area contributed by atoms with Gasteiger partial charge in [0.25, 0.3) is 0 Å². The Morgan fingerprint density at radius 2 is 1.68 bits per heavy atom. The number of ether oxygens (including phenoxy) is 2. The molecular formula is C16H19NO2. The van der Waals surface area contributed by atoms with Crippen LogP contribution in [0, 0.1) is 6.92 Å². The summed E-state index contributed by atoms with van der Waals surface area (Å²) in [5, 5.41) is 0. The molecule has 0 bridgehead atoms. The van der Waals surface area contributed by atoms with Crippen molar-refractivity contribution in [2.75, 3.05) is 14.2 Å². The molecule has 2 rings (SSSR count). The molecule has 0 saturated heterocycles. The third-order valence-electron chi connectivity index (χ3n) is 3.23. The van der Waals surface area contributed by atoms with Gasteiger partial charge in [-0.15, -0.1) is 0 Å². The maximum Gasteiger partial charge on any atom is 0.161 e. The van der Waals surface area contributed by atoms with Gasteiger partial charge in [-0.3, -0.25) is 0 Å². The number of hydrogen-bond acceptors (Lipinski definition) is 3. The summed E-state index contributed by atoms with van der Waals surface area (Å²) in [6.45, 7) is 2.63. The first-order valence-electron chi connectivity index (χ1n) is 6.21. The third kappa shape index (κ3) is 2.71. The number of rotatable bonds is 4. The largest absolute Gasteiger partial charge is 0.493 e. The Morgan fingerprint density at radius 1 is 0.947 bits per heavy atom. The van der Waals surface area contributed by atoms with Crippen LogP contribution >= 0.6 is 0 Å². The first-order chi connectivity index (χ1) is 9.19. The molecule has 2 aromatic carbocycles. The standard InChI is InChI=1S/C16H19NO2/c1-11-4-5-12(10-17)8-14(11)13-6-7-15(18-2)16(9-13)19-3/h4-9H,10,17H2,1-3H3. The van der Waals surface area contributed by atoms with Gasteiger partial charge in [0.2, 0.25) is 0 Å². The molecule has 0 spiro atoms. The Balaban J connectivity index is 2.52. The van der Waals surface area contributed by atoms with E-state index in [9.17, 15) is 0 Å². The van der Waals surface area contributed by atoms with E-state index >= 15 is 0 Å². The first kappa shape index (κ1) is 13.4. The van der Waals surface area contributed by atoms with Gasteiger partial charge in [0.05, 0.1) is 14.2 Å². The van der Waals surface area contributed by atoms with E-state index in [0.29, 0.717) is 6.54 Å². The highest BCUT2D eigenvalue weighted by Gasteiger charge is 2.08. The molecule has 2 N–H and O–H groups in total. The minimum atomic E-state index is 0.542. The highest BCUT2D eigenvalue weighted by molar-refractivity contribution is 5.70. The summed E-state index contributed by atoms with van der Waals surface area (Å²) in [4.78, 5) is 0. The maximum atomic E-state index is 5.70. The molecule has 100 valence electrons. The zero-order valence-electron chi connectivity index (χ0n) is 11.6. The predicted octanol–water partition coefficient (Wildman–Crippen LogP) is 3.14. The van der Waals surface area contributed by atoms with E-state index in [1.807, 2.05) is 18.2 Å². The average Bonchev–Trinajstić information content (AvgIpc) is 2.47. The highest BCUT2D eigenvalue weighted by Crippen LogP contribution is 2.33. The Hall–Kier alpha value is -2.00. The Bertz CT molecular complexity index is 579. The normalized spacial score (nSPS) is 10.3. The summed E-state index contributed by atoms with van der Waals surface area (Å²) < 4.78 is 10.6. The number of benzene rings is 2. The molecule has 3 nitrogen and oxygen atoms in total. The number of methoxy groups -OCH3 is 2. The van der Waals surface area contributed by atoms with Crippen LogP contribution in [0.15, 0.2) is 36.4 Å². The van der Waals surface area contributed by atoms with Crippen molar-refractivity contribution < 1.29 is 9.47 Å². The van der Waals surface area contributed by atoms with E-state index in [-0.39, 0.29) is 0 Å². The highest BCUT2D eigenvalue weighted by atomic mass is 16.5. The van der Waals surface area contributed by atoms with Crippen molar-refractivity contribution >= 4 is 0 Å². The van der Waals surface area contributed by atoms with Gasteiger partial charge < -0.3 is 15.2 Å². The van der Waals surface area contributed by atoms with Crippen LogP contribution in [0.4, 0.5) is 0 Å². The quantitative estimate of drug-likeness (QED) is 0.915. The molecule has 19 heavy (non-hydrogen) atoms. The van der Waals surface area contributed by atoms with Crippen molar-refractivity contribution in [1.29, 1.82) is 0 Å². The molecule has 0 saturated carbocycles. The summed E-state index contributed by atoms with van der Waals surface area (Å²) in [6, 6.07) is 12.2. The second-order valence-electron chi connectivity index (χ2n) is 4.42. The number of hydrogen-bond donors (Lipinski definition) is 1. The molecule has 0 aliphatic heterocycles. The van der Waals surface area contributed by atoms with E-state index in [2.05, 4.69) is 25.1 Å². The zero-order chi connectivity index (χ0) is 13.8. The lowest BCUT2D eigenvalue weighted by atomic mass is 9.98. The van der Waals surface area contributed by atoms with Gasteiger partial charge in [-0.1, -0.05) is 18.2 Å². The van der Waals surface area contributed by atoms with E-state index < -0.39 is 0 Å². The van der Waals surface area contributed by atoms with Crippen LogP contribution in [0.5, 0.6) is 11.5 Å². The number of aryl methyl sites for hydroxylation is 1. The first-order valence-corrected chi connectivity index (χ1v) is 6.21. The monoisotopic (exact) mass is 257 g/mol. The van der Waals surface area contributed by atoms with Crippen LogP contribution in [0.1, 0.15) is 11.1 Å². The molecular weight excluding hydrogens is 238 g/mol. The van der Waals surface area contributed by atoms with Crippen molar-refractivity contribution in [3.8, 4) is 22.6 Å². The lowest BCUT2D eigenvalue weighted by molar-refractivity contribution is 0.355. The SMILES string of the molecule is COc1ccc(-c2cc(CN)ccc2C)cc1OC. The zero-order valence-corrected chi connectivity index (χ0v) is 11.6. The molecule has 3 heteroatoms.